The summed E-state index contributed by atoms with van der Waals surface area (Å²) in [4.78, 5) is 7.37. The zero-order chi connectivity index (χ0) is 10.7. The van der Waals surface area contributed by atoms with Gasteiger partial charge in [0.25, 0.3) is 0 Å². The molecule has 0 bridgehead atoms. The lowest BCUT2D eigenvalue weighted by molar-refractivity contribution is 0.380. The van der Waals surface area contributed by atoms with Crippen molar-refractivity contribution >= 4 is 5.69 Å². The number of benzene rings is 1. The summed E-state index contributed by atoms with van der Waals surface area (Å²) in [5.74, 6) is 0.895. The Hall–Kier alpha value is -2.19. The zero-order valence-corrected chi connectivity index (χ0v) is 7.84. The van der Waals surface area contributed by atoms with Crippen LogP contribution in [0.1, 0.15) is 5.89 Å². The van der Waals surface area contributed by atoms with Gasteiger partial charge in [0.2, 0.25) is 11.7 Å². The van der Waals surface area contributed by atoms with E-state index in [4.69, 9.17) is 16.8 Å². The van der Waals surface area contributed by atoms with Crippen LogP contribution < -0.4 is 5.73 Å². The van der Waals surface area contributed by atoms with Crippen LogP contribution in [0.3, 0.4) is 0 Å². The van der Waals surface area contributed by atoms with Crippen molar-refractivity contribution in [2.75, 3.05) is 0 Å². The third kappa shape index (κ3) is 1.85. The van der Waals surface area contributed by atoms with E-state index in [0.29, 0.717) is 17.4 Å². The van der Waals surface area contributed by atoms with E-state index in [-0.39, 0.29) is 6.54 Å². The molecule has 0 atom stereocenters. The minimum atomic E-state index is 0.229. The minimum Gasteiger partial charge on any atom is -0.338 e. The van der Waals surface area contributed by atoms with Crippen molar-refractivity contribution in [3.05, 3.63) is 41.6 Å². The fourth-order valence-corrected chi connectivity index (χ4v) is 1.14. The van der Waals surface area contributed by atoms with Crippen LogP contribution in [-0.2, 0) is 6.54 Å². The van der Waals surface area contributed by atoms with Crippen molar-refractivity contribution in [1.82, 2.24) is 10.1 Å². The van der Waals surface area contributed by atoms with Gasteiger partial charge in [0.1, 0.15) is 0 Å². The normalized spacial score (nSPS) is 9.87. The standard InChI is InChI=1S/C10H8N4O/c1-12-8-4-2-7(3-5-8)10-13-9(6-11)15-14-10/h2-5H,6,11H2. The lowest BCUT2D eigenvalue weighted by Gasteiger charge is -1.93. The van der Waals surface area contributed by atoms with Gasteiger partial charge in [-0.2, -0.15) is 4.98 Å². The Morgan fingerprint density at radius 3 is 2.60 bits per heavy atom. The van der Waals surface area contributed by atoms with Crippen LogP contribution >= 0.6 is 0 Å². The van der Waals surface area contributed by atoms with E-state index < -0.39 is 0 Å². The second kappa shape index (κ2) is 3.90. The molecule has 0 fully saturated rings. The summed E-state index contributed by atoms with van der Waals surface area (Å²) in [6.45, 7) is 7.04. The fraction of sp³-hybridized carbons (Fsp3) is 0.100. The van der Waals surface area contributed by atoms with Gasteiger partial charge in [-0.15, -0.1) is 0 Å². The monoisotopic (exact) mass is 200 g/mol. The summed E-state index contributed by atoms with van der Waals surface area (Å²) >= 11 is 0. The first-order valence-corrected chi connectivity index (χ1v) is 4.34. The van der Waals surface area contributed by atoms with Gasteiger partial charge in [0.05, 0.1) is 13.1 Å². The highest BCUT2D eigenvalue weighted by atomic mass is 16.5. The maximum absolute atomic E-state index is 6.81. The number of nitrogens with zero attached hydrogens (tertiary/aromatic N) is 3. The molecule has 5 nitrogen and oxygen atoms in total. The molecule has 1 aromatic carbocycles. The lowest BCUT2D eigenvalue weighted by Crippen LogP contribution is -1.95. The van der Waals surface area contributed by atoms with Crippen LogP contribution in [0.5, 0.6) is 0 Å². The molecular weight excluding hydrogens is 192 g/mol. The molecule has 2 N–H and O–H groups in total. The Kier molecular flexibility index (Phi) is 2.44. The van der Waals surface area contributed by atoms with Crippen molar-refractivity contribution in [3.63, 3.8) is 0 Å². The van der Waals surface area contributed by atoms with Crippen LogP contribution in [0.2, 0.25) is 0 Å². The van der Waals surface area contributed by atoms with Crippen molar-refractivity contribution in [2.45, 2.75) is 6.54 Å². The Morgan fingerprint density at radius 2 is 2.07 bits per heavy atom. The highest BCUT2D eigenvalue weighted by Crippen LogP contribution is 2.19. The molecule has 0 radical (unpaired) electrons. The van der Waals surface area contributed by atoms with Crippen LogP contribution in [0.4, 0.5) is 5.69 Å². The highest BCUT2D eigenvalue weighted by molar-refractivity contribution is 5.59. The van der Waals surface area contributed by atoms with Crippen molar-refractivity contribution in [1.29, 1.82) is 0 Å². The molecule has 0 spiro atoms. The quantitative estimate of drug-likeness (QED) is 0.749. The van der Waals surface area contributed by atoms with E-state index in [2.05, 4.69) is 15.0 Å². The molecule has 0 aliphatic carbocycles. The molecule has 0 aliphatic heterocycles. The minimum absolute atomic E-state index is 0.229. The maximum atomic E-state index is 6.81. The molecule has 0 amide bonds. The number of hydrogen-bond donors (Lipinski definition) is 1. The first kappa shape index (κ1) is 9.37. The average molecular weight is 200 g/mol. The average Bonchev–Trinajstić information content (AvgIpc) is 2.78. The third-order valence-corrected chi connectivity index (χ3v) is 1.90. The maximum Gasteiger partial charge on any atom is 0.240 e. The zero-order valence-electron chi connectivity index (χ0n) is 7.84. The Labute approximate surface area is 86.3 Å². The summed E-state index contributed by atoms with van der Waals surface area (Å²) in [6.07, 6.45) is 0. The van der Waals surface area contributed by atoms with Gasteiger partial charge in [0.15, 0.2) is 5.69 Å². The van der Waals surface area contributed by atoms with E-state index in [1.165, 1.54) is 0 Å². The molecule has 0 unspecified atom stereocenters. The molecule has 0 aliphatic rings. The van der Waals surface area contributed by atoms with Crippen LogP contribution in [0.15, 0.2) is 28.8 Å². The molecule has 2 aromatic rings. The van der Waals surface area contributed by atoms with Crippen molar-refractivity contribution < 1.29 is 4.52 Å². The first-order chi connectivity index (χ1) is 7.33. The predicted molar refractivity (Wildman–Crippen MR) is 53.9 cm³/mol. The molecule has 2 rings (SSSR count). The van der Waals surface area contributed by atoms with Crippen molar-refractivity contribution in [3.8, 4) is 11.4 Å². The van der Waals surface area contributed by atoms with Gasteiger partial charge in [-0.25, -0.2) is 4.85 Å². The topological polar surface area (TPSA) is 69.3 Å². The number of rotatable bonds is 2. The van der Waals surface area contributed by atoms with Gasteiger partial charge < -0.3 is 10.3 Å². The van der Waals surface area contributed by atoms with Crippen LogP contribution in [-0.4, -0.2) is 10.1 Å². The third-order valence-electron chi connectivity index (χ3n) is 1.90. The SMILES string of the molecule is [C-]#[N+]c1ccc(-c2noc(CN)n2)cc1. The fourth-order valence-electron chi connectivity index (χ4n) is 1.14. The highest BCUT2D eigenvalue weighted by Gasteiger charge is 2.06. The van der Waals surface area contributed by atoms with Crippen LogP contribution in [0.25, 0.3) is 16.2 Å². The van der Waals surface area contributed by atoms with Gasteiger partial charge >= 0.3 is 0 Å². The van der Waals surface area contributed by atoms with E-state index in [1.807, 2.05) is 0 Å². The Bertz CT molecular complexity index is 495. The molecule has 1 heterocycles. The van der Waals surface area contributed by atoms with Gasteiger partial charge in [-0.3, -0.25) is 0 Å². The summed E-state index contributed by atoms with van der Waals surface area (Å²) in [7, 11) is 0. The Balaban J connectivity index is 2.33. The molecule has 74 valence electrons. The number of nitrogens with two attached hydrogens (primary N) is 1. The summed E-state index contributed by atoms with van der Waals surface area (Å²) in [6, 6.07) is 6.97. The molecular formula is C10H8N4O. The molecule has 0 saturated carbocycles. The van der Waals surface area contributed by atoms with E-state index in [0.717, 1.165) is 5.56 Å². The predicted octanol–water partition coefficient (Wildman–Crippen LogP) is 1.75. The summed E-state index contributed by atoms with van der Waals surface area (Å²) in [5.41, 5.74) is 6.75. The van der Waals surface area contributed by atoms with Gasteiger partial charge in [0, 0.05) is 5.56 Å². The molecule has 15 heavy (non-hydrogen) atoms. The van der Waals surface area contributed by atoms with Gasteiger partial charge in [-0.05, 0) is 0 Å². The second-order valence-corrected chi connectivity index (χ2v) is 2.87. The lowest BCUT2D eigenvalue weighted by atomic mass is 10.2. The molecule has 5 heteroatoms. The van der Waals surface area contributed by atoms with E-state index in [9.17, 15) is 0 Å². The number of hydrogen-bond acceptors (Lipinski definition) is 4. The second-order valence-electron chi connectivity index (χ2n) is 2.87. The summed E-state index contributed by atoms with van der Waals surface area (Å²) in [5, 5.41) is 3.77. The first-order valence-electron chi connectivity index (χ1n) is 4.34. The van der Waals surface area contributed by atoms with E-state index >= 15 is 0 Å². The van der Waals surface area contributed by atoms with Crippen molar-refractivity contribution in [2.24, 2.45) is 5.73 Å². The summed E-state index contributed by atoms with van der Waals surface area (Å²) < 4.78 is 4.88. The largest absolute Gasteiger partial charge is 0.338 e. The van der Waals surface area contributed by atoms with Gasteiger partial charge in [-0.1, -0.05) is 29.4 Å². The van der Waals surface area contributed by atoms with E-state index in [1.54, 1.807) is 24.3 Å². The smallest absolute Gasteiger partial charge is 0.240 e. The molecule has 1 aromatic heterocycles. The van der Waals surface area contributed by atoms with Crippen LogP contribution in [0, 0.1) is 6.57 Å². The Morgan fingerprint density at radius 1 is 1.33 bits per heavy atom. The molecule has 0 saturated heterocycles. The number of aromatic nitrogens is 2.